The lowest BCUT2D eigenvalue weighted by Crippen LogP contribution is -2.19. The number of benzene rings is 2. The van der Waals surface area contributed by atoms with Crippen LogP contribution in [-0.2, 0) is 13.0 Å². The maximum Gasteiger partial charge on any atom is 0.0426 e. The van der Waals surface area contributed by atoms with Crippen LogP contribution in [0.4, 0.5) is 5.69 Å². The Morgan fingerprint density at radius 3 is 2.53 bits per heavy atom. The van der Waals surface area contributed by atoms with Crippen molar-refractivity contribution in [1.29, 1.82) is 0 Å². The third kappa shape index (κ3) is 3.82. The SMILES string of the molecule is CN(Cc1ccccc1)c1cc(Br)ccc1CCN. The molecule has 0 aliphatic heterocycles. The molecule has 0 spiro atoms. The van der Waals surface area contributed by atoms with Crippen LogP contribution >= 0.6 is 15.9 Å². The zero-order valence-corrected chi connectivity index (χ0v) is 12.7. The van der Waals surface area contributed by atoms with E-state index in [4.69, 9.17) is 5.73 Å². The first-order valence-corrected chi connectivity index (χ1v) is 7.23. The summed E-state index contributed by atoms with van der Waals surface area (Å²) >= 11 is 3.54. The zero-order chi connectivity index (χ0) is 13.7. The third-order valence-corrected chi connectivity index (χ3v) is 3.63. The Hall–Kier alpha value is -1.32. The van der Waals surface area contributed by atoms with Crippen molar-refractivity contribution in [3.63, 3.8) is 0 Å². The van der Waals surface area contributed by atoms with Gasteiger partial charge in [-0.1, -0.05) is 52.3 Å². The van der Waals surface area contributed by atoms with Gasteiger partial charge in [-0.05, 0) is 36.2 Å². The molecular formula is C16H19BrN2. The predicted molar refractivity (Wildman–Crippen MR) is 85.4 cm³/mol. The molecule has 0 fully saturated rings. The van der Waals surface area contributed by atoms with E-state index in [9.17, 15) is 0 Å². The van der Waals surface area contributed by atoms with Crippen molar-refractivity contribution in [2.24, 2.45) is 5.73 Å². The molecule has 19 heavy (non-hydrogen) atoms. The van der Waals surface area contributed by atoms with Gasteiger partial charge in [-0.3, -0.25) is 0 Å². The van der Waals surface area contributed by atoms with Gasteiger partial charge in [0.25, 0.3) is 0 Å². The van der Waals surface area contributed by atoms with Gasteiger partial charge in [-0.15, -0.1) is 0 Å². The van der Waals surface area contributed by atoms with Crippen molar-refractivity contribution in [3.05, 3.63) is 64.1 Å². The molecule has 2 nitrogen and oxygen atoms in total. The van der Waals surface area contributed by atoms with Crippen LogP contribution in [0.5, 0.6) is 0 Å². The fourth-order valence-corrected chi connectivity index (χ4v) is 2.55. The Bertz CT molecular complexity index is 526. The number of nitrogens with zero attached hydrogens (tertiary/aromatic N) is 1. The number of anilines is 1. The van der Waals surface area contributed by atoms with Crippen molar-refractivity contribution in [3.8, 4) is 0 Å². The van der Waals surface area contributed by atoms with Gasteiger partial charge < -0.3 is 10.6 Å². The second-order valence-corrected chi connectivity index (χ2v) is 5.57. The minimum Gasteiger partial charge on any atom is -0.370 e. The lowest BCUT2D eigenvalue weighted by molar-refractivity contribution is 0.892. The standard InChI is InChI=1S/C16H19BrN2/c1-19(12-13-5-3-2-4-6-13)16-11-15(17)8-7-14(16)9-10-18/h2-8,11H,9-10,12,18H2,1H3. The van der Waals surface area contributed by atoms with Crippen molar-refractivity contribution in [2.45, 2.75) is 13.0 Å². The van der Waals surface area contributed by atoms with E-state index in [0.717, 1.165) is 17.4 Å². The Labute approximate surface area is 123 Å². The molecule has 0 aliphatic rings. The lowest BCUT2D eigenvalue weighted by Gasteiger charge is -2.23. The van der Waals surface area contributed by atoms with E-state index in [-0.39, 0.29) is 0 Å². The highest BCUT2D eigenvalue weighted by molar-refractivity contribution is 9.10. The summed E-state index contributed by atoms with van der Waals surface area (Å²) < 4.78 is 1.10. The first-order valence-electron chi connectivity index (χ1n) is 6.44. The van der Waals surface area contributed by atoms with Gasteiger partial charge in [0.05, 0.1) is 0 Å². The van der Waals surface area contributed by atoms with Crippen molar-refractivity contribution < 1.29 is 0 Å². The largest absolute Gasteiger partial charge is 0.370 e. The predicted octanol–water partition coefficient (Wildman–Crippen LogP) is 3.59. The van der Waals surface area contributed by atoms with Gasteiger partial charge in [0, 0.05) is 23.8 Å². The topological polar surface area (TPSA) is 29.3 Å². The van der Waals surface area contributed by atoms with Gasteiger partial charge >= 0.3 is 0 Å². The second kappa shape index (κ2) is 6.73. The quantitative estimate of drug-likeness (QED) is 0.912. The number of nitrogens with two attached hydrogens (primary N) is 1. The van der Waals surface area contributed by atoms with E-state index < -0.39 is 0 Å². The molecule has 0 atom stereocenters. The Morgan fingerprint density at radius 2 is 1.84 bits per heavy atom. The molecule has 0 heterocycles. The van der Waals surface area contributed by atoms with Crippen molar-refractivity contribution >= 4 is 21.6 Å². The highest BCUT2D eigenvalue weighted by Crippen LogP contribution is 2.26. The summed E-state index contributed by atoms with van der Waals surface area (Å²) in [4.78, 5) is 2.27. The highest BCUT2D eigenvalue weighted by Gasteiger charge is 2.08. The van der Waals surface area contributed by atoms with Gasteiger partial charge in [0.2, 0.25) is 0 Å². The van der Waals surface area contributed by atoms with Crippen LogP contribution in [0.3, 0.4) is 0 Å². The average Bonchev–Trinajstić information content (AvgIpc) is 2.42. The highest BCUT2D eigenvalue weighted by atomic mass is 79.9. The van der Waals surface area contributed by atoms with E-state index in [0.29, 0.717) is 6.54 Å². The molecule has 100 valence electrons. The maximum atomic E-state index is 5.69. The van der Waals surface area contributed by atoms with E-state index >= 15 is 0 Å². The van der Waals surface area contributed by atoms with Crippen LogP contribution in [0.15, 0.2) is 53.0 Å². The molecule has 2 rings (SSSR count). The third-order valence-electron chi connectivity index (χ3n) is 3.13. The Morgan fingerprint density at radius 1 is 1.11 bits per heavy atom. The van der Waals surface area contributed by atoms with E-state index in [1.807, 2.05) is 6.07 Å². The molecule has 2 aromatic rings. The van der Waals surface area contributed by atoms with E-state index in [1.54, 1.807) is 0 Å². The fourth-order valence-electron chi connectivity index (χ4n) is 2.20. The minimum atomic E-state index is 0.674. The van der Waals surface area contributed by atoms with Crippen molar-refractivity contribution in [2.75, 3.05) is 18.5 Å². The molecule has 0 aromatic heterocycles. The molecular weight excluding hydrogens is 300 g/mol. The fraction of sp³-hybridized carbons (Fsp3) is 0.250. The molecule has 0 saturated carbocycles. The summed E-state index contributed by atoms with van der Waals surface area (Å²) in [7, 11) is 2.12. The average molecular weight is 319 g/mol. The van der Waals surface area contributed by atoms with Crippen molar-refractivity contribution in [1.82, 2.24) is 0 Å². The first-order chi connectivity index (χ1) is 9.20. The minimum absolute atomic E-state index is 0.674. The number of rotatable bonds is 5. The van der Waals surface area contributed by atoms with Crippen LogP contribution in [0.25, 0.3) is 0 Å². The molecule has 0 amide bonds. The second-order valence-electron chi connectivity index (χ2n) is 4.65. The summed E-state index contributed by atoms with van der Waals surface area (Å²) in [5, 5.41) is 0. The number of hydrogen-bond acceptors (Lipinski definition) is 2. The summed E-state index contributed by atoms with van der Waals surface area (Å²) in [5.74, 6) is 0. The van der Waals surface area contributed by atoms with Gasteiger partial charge in [0.1, 0.15) is 0 Å². The van der Waals surface area contributed by atoms with Gasteiger partial charge in [-0.2, -0.15) is 0 Å². The Kier molecular flexibility index (Phi) is 5.00. The molecule has 0 aliphatic carbocycles. The van der Waals surface area contributed by atoms with Gasteiger partial charge in [-0.25, -0.2) is 0 Å². The summed E-state index contributed by atoms with van der Waals surface area (Å²) in [6.07, 6.45) is 0.905. The monoisotopic (exact) mass is 318 g/mol. The van der Waals surface area contributed by atoms with Crippen LogP contribution in [0, 0.1) is 0 Å². The van der Waals surface area contributed by atoms with Crippen LogP contribution < -0.4 is 10.6 Å². The Balaban J connectivity index is 2.22. The summed E-state index contributed by atoms with van der Waals surface area (Å²) in [5.41, 5.74) is 9.53. The lowest BCUT2D eigenvalue weighted by atomic mass is 10.1. The van der Waals surface area contributed by atoms with Crippen LogP contribution in [0.1, 0.15) is 11.1 Å². The maximum absolute atomic E-state index is 5.69. The normalized spacial score (nSPS) is 10.5. The van der Waals surface area contributed by atoms with E-state index in [1.165, 1.54) is 16.8 Å². The molecule has 2 N–H and O–H groups in total. The first kappa shape index (κ1) is 14.1. The summed E-state index contributed by atoms with van der Waals surface area (Å²) in [6, 6.07) is 16.9. The number of hydrogen-bond donors (Lipinski definition) is 1. The molecule has 0 unspecified atom stereocenters. The number of halogens is 1. The molecule has 0 radical (unpaired) electrons. The molecule has 2 aromatic carbocycles. The summed E-state index contributed by atoms with van der Waals surface area (Å²) in [6.45, 7) is 1.57. The van der Waals surface area contributed by atoms with Crippen LogP contribution in [0.2, 0.25) is 0 Å². The zero-order valence-electron chi connectivity index (χ0n) is 11.1. The van der Waals surface area contributed by atoms with Gasteiger partial charge in [0.15, 0.2) is 0 Å². The molecule has 3 heteroatoms. The van der Waals surface area contributed by atoms with Crippen LogP contribution in [-0.4, -0.2) is 13.6 Å². The molecule has 0 saturated heterocycles. The smallest absolute Gasteiger partial charge is 0.0426 e. The van der Waals surface area contributed by atoms with E-state index in [2.05, 4.69) is 70.3 Å². The molecule has 0 bridgehead atoms.